The fraction of sp³-hybridized carbons (Fsp3) is 0.636. The van der Waals surface area contributed by atoms with Crippen LogP contribution in [0, 0.1) is 0 Å². The fourth-order valence-electron chi connectivity index (χ4n) is 1.98. The molecule has 1 fully saturated rings. The van der Waals surface area contributed by atoms with Crippen LogP contribution < -0.4 is 9.64 Å². The maximum atomic E-state index is 5.16. The first-order valence-corrected chi connectivity index (χ1v) is 5.37. The number of ether oxygens (including phenoxy) is 1. The molecule has 14 heavy (non-hydrogen) atoms. The summed E-state index contributed by atoms with van der Waals surface area (Å²) >= 11 is 0. The third-order valence-corrected chi connectivity index (χ3v) is 2.82. The quantitative estimate of drug-likeness (QED) is 0.783. The Kier molecular flexibility index (Phi) is 2.96. The second-order valence-corrected chi connectivity index (χ2v) is 3.83. The number of H-pyrrole nitrogens is 1. The van der Waals surface area contributed by atoms with Crippen molar-refractivity contribution in [2.24, 2.45) is 0 Å². The summed E-state index contributed by atoms with van der Waals surface area (Å²) in [5, 5.41) is 0. The van der Waals surface area contributed by atoms with Gasteiger partial charge in [0.2, 0.25) is 0 Å². The van der Waals surface area contributed by atoms with Gasteiger partial charge >= 0.3 is 0 Å². The molecule has 3 heteroatoms. The van der Waals surface area contributed by atoms with Crippen LogP contribution in [0.1, 0.15) is 25.7 Å². The number of aromatic nitrogens is 1. The van der Waals surface area contributed by atoms with Crippen LogP contribution in [0.2, 0.25) is 0 Å². The van der Waals surface area contributed by atoms with E-state index in [0.29, 0.717) is 0 Å². The monoisotopic (exact) mass is 194 g/mol. The largest absolute Gasteiger partial charge is 0.495 e. The highest BCUT2D eigenvalue weighted by Crippen LogP contribution is 2.22. The van der Waals surface area contributed by atoms with Crippen molar-refractivity contribution in [3.8, 4) is 5.75 Å². The molecule has 1 aliphatic rings. The van der Waals surface area contributed by atoms with Gasteiger partial charge in [-0.05, 0) is 12.8 Å². The van der Waals surface area contributed by atoms with Gasteiger partial charge < -0.3 is 14.6 Å². The van der Waals surface area contributed by atoms with Gasteiger partial charge in [0.05, 0.1) is 7.11 Å². The van der Waals surface area contributed by atoms with Crippen LogP contribution in [0.4, 0.5) is 5.82 Å². The molecule has 0 unspecified atom stereocenters. The maximum Gasteiger partial charge on any atom is 0.138 e. The summed E-state index contributed by atoms with van der Waals surface area (Å²) in [5.74, 6) is 2.12. The van der Waals surface area contributed by atoms with Gasteiger partial charge in [0, 0.05) is 25.4 Å². The van der Waals surface area contributed by atoms with E-state index in [9.17, 15) is 0 Å². The first-order valence-electron chi connectivity index (χ1n) is 5.37. The molecular weight excluding hydrogens is 176 g/mol. The lowest BCUT2D eigenvalue weighted by Crippen LogP contribution is -2.23. The minimum absolute atomic E-state index is 0.921. The van der Waals surface area contributed by atoms with Crippen LogP contribution in [0.15, 0.2) is 12.3 Å². The molecule has 78 valence electrons. The number of nitrogens with one attached hydrogen (secondary N) is 1. The molecule has 0 bridgehead atoms. The van der Waals surface area contributed by atoms with Gasteiger partial charge in [-0.15, -0.1) is 0 Å². The molecule has 1 aliphatic heterocycles. The van der Waals surface area contributed by atoms with Crippen LogP contribution in [-0.2, 0) is 0 Å². The van der Waals surface area contributed by atoms with Crippen molar-refractivity contribution in [1.29, 1.82) is 0 Å². The molecule has 1 N–H and O–H groups in total. The molecule has 2 rings (SSSR count). The third-order valence-electron chi connectivity index (χ3n) is 2.82. The van der Waals surface area contributed by atoms with Crippen molar-refractivity contribution < 1.29 is 4.74 Å². The maximum absolute atomic E-state index is 5.16. The SMILES string of the molecule is COc1c[nH]c(N2CCCCCC2)c1. The van der Waals surface area contributed by atoms with Gasteiger partial charge in [-0.3, -0.25) is 0 Å². The number of hydrogen-bond donors (Lipinski definition) is 1. The number of hydrogen-bond acceptors (Lipinski definition) is 2. The third kappa shape index (κ3) is 2.03. The van der Waals surface area contributed by atoms with E-state index >= 15 is 0 Å². The first kappa shape index (κ1) is 9.44. The predicted octanol–water partition coefficient (Wildman–Crippen LogP) is 2.40. The van der Waals surface area contributed by atoms with Gasteiger partial charge in [-0.1, -0.05) is 12.8 Å². The lowest BCUT2D eigenvalue weighted by Gasteiger charge is -2.20. The molecule has 0 saturated carbocycles. The van der Waals surface area contributed by atoms with E-state index in [1.807, 2.05) is 6.20 Å². The number of nitrogens with zero attached hydrogens (tertiary/aromatic N) is 1. The van der Waals surface area contributed by atoms with Gasteiger partial charge in [0.25, 0.3) is 0 Å². The molecule has 0 aliphatic carbocycles. The standard InChI is InChI=1S/C11H18N2O/c1-14-10-8-11(12-9-10)13-6-4-2-3-5-7-13/h8-9,12H,2-7H2,1H3. The molecule has 0 radical (unpaired) electrons. The van der Waals surface area contributed by atoms with Crippen molar-refractivity contribution in [2.75, 3.05) is 25.1 Å². The molecule has 1 saturated heterocycles. The molecule has 1 aromatic rings. The Bertz CT molecular complexity index is 275. The highest BCUT2D eigenvalue weighted by atomic mass is 16.5. The highest BCUT2D eigenvalue weighted by Gasteiger charge is 2.11. The van der Waals surface area contributed by atoms with E-state index in [1.165, 1.54) is 44.6 Å². The fourth-order valence-corrected chi connectivity index (χ4v) is 1.98. The molecule has 2 heterocycles. The second kappa shape index (κ2) is 4.40. The smallest absolute Gasteiger partial charge is 0.138 e. The summed E-state index contributed by atoms with van der Waals surface area (Å²) in [6.07, 6.45) is 7.27. The number of rotatable bonds is 2. The second-order valence-electron chi connectivity index (χ2n) is 3.83. The molecule has 3 nitrogen and oxygen atoms in total. The zero-order valence-corrected chi connectivity index (χ0v) is 8.75. The van der Waals surface area contributed by atoms with Crippen LogP contribution >= 0.6 is 0 Å². The number of aromatic amines is 1. The Labute approximate surface area is 85.1 Å². The minimum Gasteiger partial charge on any atom is -0.495 e. The Morgan fingerprint density at radius 2 is 1.93 bits per heavy atom. The van der Waals surface area contributed by atoms with Crippen molar-refractivity contribution in [3.63, 3.8) is 0 Å². The Hall–Kier alpha value is -1.12. The van der Waals surface area contributed by atoms with Crippen molar-refractivity contribution in [3.05, 3.63) is 12.3 Å². The number of methoxy groups -OCH3 is 1. The summed E-state index contributed by atoms with van der Waals surface area (Å²) in [5.41, 5.74) is 0. The lowest BCUT2D eigenvalue weighted by atomic mass is 10.2. The van der Waals surface area contributed by atoms with Crippen molar-refractivity contribution in [1.82, 2.24) is 4.98 Å². The van der Waals surface area contributed by atoms with E-state index < -0.39 is 0 Å². The molecule has 0 spiro atoms. The van der Waals surface area contributed by atoms with E-state index in [-0.39, 0.29) is 0 Å². The summed E-state index contributed by atoms with van der Waals surface area (Å²) in [6, 6.07) is 2.07. The zero-order chi connectivity index (χ0) is 9.80. The van der Waals surface area contributed by atoms with Crippen LogP contribution in [-0.4, -0.2) is 25.2 Å². The topological polar surface area (TPSA) is 28.3 Å². The lowest BCUT2D eigenvalue weighted by molar-refractivity contribution is 0.415. The molecular formula is C11H18N2O. The van der Waals surface area contributed by atoms with E-state index in [2.05, 4.69) is 16.0 Å². The van der Waals surface area contributed by atoms with E-state index in [4.69, 9.17) is 4.74 Å². The first-order chi connectivity index (χ1) is 6.90. The number of anilines is 1. The van der Waals surface area contributed by atoms with Gasteiger partial charge in [0.1, 0.15) is 11.6 Å². The van der Waals surface area contributed by atoms with E-state index in [0.717, 1.165) is 5.75 Å². The van der Waals surface area contributed by atoms with Gasteiger partial charge in [0.15, 0.2) is 0 Å². The average molecular weight is 194 g/mol. The predicted molar refractivity (Wildman–Crippen MR) is 58.0 cm³/mol. The van der Waals surface area contributed by atoms with E-state index in [1.54, 1.807) is 7.11 Å². The normalized spacial score (nSPS) is 17.9. The Balaban J connectivity index is 2.04. The summed E-state index contributed by atoms with van der Waals surface area (Å²) < 4.78 is 5.16. The van der Waals surface area contributed by atoms with Gasteiger partial charge in [-0.25, -0.2) is 0 Å². The minimum atomic E-state index is 0.921. The van der Waals surface area contributed by atoms with Gasteiger partial charge in [-0.2, -0.15) is 0 Å². The van der Waals surface area contributed by atoms with Crippen LogP contribution in [0.5, 0.6) is 5.75 Å². The van der Waals surface area contributed by atoms with Crippen molar-refractivity contribution >= 4 is 5.82 Å². The molecule has 1 aromatic heterocycles. The Morgan fingerprint density at radius 1 is 1.21 bits per heavy atom. The Morgan fingerprint density at radius 3 is 2.50 bits per heavy atom. The summed E-state index contributed by atoms with van der Waals surface area (Å²) in [7, 11) is 1.70. The van der Waals surface area contributed by atoms with Crippen LogP contribution in [0.25, 0.3) is 0 Å². The molecule has 0 atom stereocenters. The molecule has 0 amide bonds. The summed E-state index contributed by atoms with van der Waals surface area (Å²) in [6.45, 7) is 2.34. The summed E-state index contributed by atoms with van der Waals surface area (Å²) in [4.78, 5) is 5.67. The molecule has 0 aromatic carbocycles. The van der Waals surface area contributed by atoms with Crippen LogP contribution in [0.3, 0.4) is 0 Å². The average Bonchev–Trinajstić information content (AvgIpc) is 2.53. The zero-order valence-electron chi connectivity index (χ0n) is 8.75. The highest BCUT2D eigenvalue weighted by molar-refractivity contribution is 5.45. The van der Waals surface area contributed by atoms with Crippen molar-refractivity contribution in [2.45, 2.75) is 25.7 Å².